The van der Waals surface area contributed by atoms with Gasteiger partial charge in [0.05, 0.1) is 26.4 Å². The number of carbonyl (C=O) groups is 3. The third-order valence-electron chi connectivity index (χ3n) is 16.4. The zero-order valence-corrected chi connectivity index (χ0v) is 67.1. The Morgan fingerprint density at radius 2 is 0.476 bits per heavy atom. The van der Waals surface area contributed by atoms with E-state index in [1.165, 1.54) is 64.2 Å². The van der Waals surface area contributed by atoms with Crippen LogP contribution in [0.1, 0.15) is 303 Å². The number of aliphatic hydroxyl groups excluding tert-OH is 2. The normalized spacial score (nSPS) is 14.8. The number of phosphoric acid groups is 2. The van der Waals surface area contributed by atoms with Gasteiger partial charge in [0.25, 0.3) is 0 Å². The topological polar surface area (TPSA) is 231 Å². The molecule has 0 saturated carbocycles. The Morgan fingerprint density at radius 3 is 0.752 bits per heavy atom. The van der Waals surface area contributed by atoms with Crippen LogP contribution in [0.4, 0.5) is 0 Å². The Bertz CT molecular complexity index is 2590. The molecule has 0 aliphatic heterocycles. The van der Waals surface area contributed by atoms with Crippen LogP contribution >= 0.6 is 15.6 Å². The van der Waals surface area contributed by atoms with E-state index in [0.29, 0.717) is 19.3 Å². The number of hydrogen-bond donors (Lipinski definition) is 4. The zero-order valence-electron chi connectivity index (χ0n) is 65.3. The predicted molar refractivity (Wildman–Crippen MR) is 435 cm³/mol. The second-order valence-electron chi connectivity index (χ2n) is 26.4. The van der Waals surface area contributed by atoms with Gasteiger partial charge >= 0.3 is 33.6 Å². The molecule has 598 valence electrons. The SMILES string of the molecule is CC/C=C\C/C=C\C/C=C\C/C=C\C/C=C\C/C=C\CCCCCCCCCCCCCCCCC(=O)OCC(O)COP(=O)(O)OCC(O)COP(=O)(O)OCC(COC(=O)CCCCCCCC/C=C\C/C=C\C/C=C\C/C=C\CC)OC(=O)CCCCCC/C=C\C/C=C\C/C=C\C/C=C\CC. The first-order valence-corrected chi connectivity index (χ1v) is 43.4. The van der Waals surface area contributed by atoms with E-state index < -0.39 is 91.5 Å². The highest BCUT2D eigenvalue weighted by Crippen LogP contribution is 2.45. The summed E-state index contributed by atoms with van der Waals surface area (Å²) in [6, 6.07) is 0. The molecule has 0 spiro atoms. The van der Waals surface area contributed by atoms with Crippen molar-refractivity contribution >= 4 is 33.6 Å². The van der Waals surface area contributed by atoms with Crippen molar-refractivity contribution in [3.8, 4) is 0 Å². The molecule has 0 saturated heterocycles. The van der Waals surface area contributed by atoms with Crippen LogP contribution in [0.25, 0.3) is 0 Å². The number of carbonyl (C=O) groups excluding carboxylic acids is 3. The molecule has 0 bridgehead atoms. The number of phosphoric ester groups is 2. The molecule has 0 aromatic heterocycles. The van der Waals surface area contributed by atoms with Crippen molar-refractivity contribution in [2.45, 2.75) is 322 Å². The van der Waals surface area contributed by atoms with Crippen molar-refractivity contribution in [2.24, 2.45) is 0 Å². The maximum absolute atomic E-state index is 13.0. The summed E-state index contributed by atoms with van der Waals surface area (Å²) in [4.78, 5) is 58.7. The van der Waals surface area contributed by atoms with Gasteiger partial charge < -0.3 is 34.2 Å². The fourth-order valence-corrected chi connectivity index (χ4v) is 12.0. The Morgan fingerprint density at radius 1 is 0.267 bits per heavy atom. The van der Waals surface area contributed by atoms with Crippen molar-refractivity contribution in [3.63, 3.8) is 0 Å². The van der Waals surface area contributed by atoms with Crippen molar-refractivity contribution in [3.05, 3.63) is 170 Å². The number of unbranched alkanes of at least 4 members (excludes halogenated alkanes) is 24. The van der Waals surface area contributed by atoms with Crippen LogP contribution in [0.15, 0.2) is 170 Å². The Kier molecular flexibility index (Phi) is 74.7. The van der Waals surface area contributed by atoms with E-state index in [1.54, 1.807) is 0 Å². The minimum Gasteiger partial charge on any atom is -0.463 e. The second-order valence-corrected chi connectivity index (χ2v) is 29.3. The molecule has 16 nitrogen and oxygen atoms in total. The van der Waals surface area contributed by atoms with Gasteiger partial charge in [0.15, 0.2) is 6.10 Å². The predicted octanol–water partition coefficient (Wildman–Crippen LogP) is 24.0. The lowest BCUT2D eigenvalue weighted by atomic mass is 10.0. The molecule has 0 aliphatic carbocycles. The molecular weight excluding hydrogens is 1360 g/mol. The average molecular weight is 1510 g/mol. The van der Waals surface area contributed by atoms with E-state index >= 15 is 0 Å². The van der Waals surface area contributed by atoms with Crippen LogP contribution in [0.2, 0.25) is 0 Å². The minimum absolute atomic E-state index is 0.0682. The second kappa shape index (κ2) is 78.5. The molecule has 0 aromatic carbocycles. The molecule has 0 amide bonds. The van der Waals surface area contributed by atoms with Crippen LogP contribution < -0.4 is 0 Å². The molecule has 18 heteroatoms. The fourth-order valence-electron chi connectivity index (χ4n) is 10.4. The highest BCUT2D eigenvalue weighted by molar-refractivity contribution is 7.47. The molecule has 0 aromatic rings. The monoisotopic (exact) mass is 1510 g/mol. The molecule has 5 atom stereocenters. The van der Waals surface area contributed by atoms with Gasteiger partial charge in [0.2, 0.25) is 0 Å². The molecular formula is C87H144O16P2. The number of allylic oxidation sites excluding steroid dienone is 28. The smallest absolute Gasteiger partial charge is 0.463 e. The summed E-state index contributed by atoms with van der Waals surface area (Å²) in [5.74, 6) is -1.62. The van der Waals surface area contributed by atoms with Gasteiger partial charge in [0, 0.05) is 19.3 Å². The van der Waals surface area contributed by atoms with Crippen molar-refractivity contribution in [1.29, 1.82) is 0 Å². The van der Waals surface area contributed by atoms with E-state index in [-0.39, 0.29) is 19.3 Å². The summed E-state index contributed by atoms with van der Waals surface area (Å²) in [6.07, 6.45) is 99.8. The number of rotatable bonds is 75. The van der Waals surface area contributed by atoms with Crippen LogP contribution in [-0.2, 0) is 55.8 Å². The van der Waals surface area contributed by atoms with Gasteiger partial charge in [0.1, 0.15) is 25.4 Å². The lowest BCUT2D eigenvalue weighted by Gasteiger charge is -2.21. The van der Waals surface area contributed by atoms with Crippen molar-refractivity contribution in [1.82, 2.24) is 0 Å². The molecule has 5 unspecified atom stereocenters. The van der Waals surface area contributed by atoms with Gasteiger partial charge in [-0.1, -0.05) is 306 Å². The summed E-state index contributed by atoms with van der Waals surface area (Å²) in [5, 5.41) is 20.7. The Balaban J connectivity index is 4.52. The Labute approximate surface area is 637 Å². The maximum Gasteiger partial charge on any atom is 0.472 e. The zero-order chi connectivity index (χ0) is 76.6. The fraction of sp³-hybridized carbons (Fsp3) is 0.644. The van der Waals surface area contributed by atoms with Crippen LogP contribution in [0, 0.1) is 0 Å². The molecule has 0 heterocycles. The average Bonchev–Trinajstić information content (AvgIpc) is 0.911. The Hall–Kier alpha value is -5.09. The first-order chi connectivity index (χ1) is 51.2. The number of hydrogen-bond acceptors (Lipinski definition) is 14. The maximum atomic E-state index is 13.0. The third kappa shape index (κ3) is 79.8. The lowest BCUT2D eigenvalue weighted by molar-refractivity contribution is -0.161. The molecule has 0 fully saturated rings. The van der Waals surface area contributed by atoms with Crippen LogP contribution in [-0.4, -0.2) is 95.9 Å². The largest absolute Gasteiger partial charge is 0.472 e. The van der Waals surface area contributed by atoms with Crippen molar-refractivity contribution in [2.75, 3.05) is 39.6 Å². The first-order valence-electron chi connectivity index (χ1n) is 40.4. The molecule has 0 radical (unpaired) electrons. The number of ether oxygens (including phenoxy) is 3. The lowest BCUT2D eigenvalue weighted by Crippen LogP contribution is -2.30. The quantitative estimate of drug-likeness (QED) is 0.0146. The van der Waals surface area contributed by atoms with Gasteiger partial charge in [-0.05, 0) is 148 Å². The third-order valence-corrected chi connectivity index (χ3v) is 18.3. The summed E-state index contributed by atoms with van der Waals surface area (Å²) in [6.45, 7) is 2.29. The van der Waals surface area contributed by atoms with Gasteiger partial charge in [-0.15, -0.1) is 0 Å². The number of esters is 3. The summed E-state index contributed by atoms with van der Waals surface area (Å²) < 4.78 is 61.1. The van der Waals surface area contributed by atoms with E-state index in [9.17, 15) is 43.5 Å². The van der Waals surface area contributed by atoms with Crippen molar-refractivity contribution < 1.29 is 75.8 Å². The van der Waals surface area contributed by atoms with Crippen LogP contribution in [0.5, 0.6) is 0 Å². The van der Waals surface area contributed by atoms with Crippen LogP contribution in [0.3, 0.4) is 0 Å². The first kappa shape index (κ1) is 99.9. The summed E-state index contributed by atoms with van der Waals surface area (Å²) in [5.41, 5.74) is 0. The van der Waals surface area contributed by atoms with E-state index in [1.807, 2.05) is 0 Å². The molecule has 4 N–H and O–H groups in total. The van der Waals surface area contributed by atoms with Gasteiger partial charge in [-0.3, -0.25) is 32.5 Å². The van der Waals surface area contributed by atoms with Gasteiger partial charge in [-0.25, -0.2) is 9.13 Å². The molecule has 0 aliphatic rings. The summed E-state index contributed by atoms with van der Waals surface area (Å²) >= 11 is 0. The highest BCUT2D eigenvalue weighted by atomic mass is 31.2. The molecule has 0 rings (SSSR count). The van der Waals surface area contributed by atoms with Gasteiger partial charge in [-0.2, -0.15) is 0 Å². The van der Waals surface area contributed by atoms with E-state index in [4.69, 9.17) is 32.3 Å². The number of aliphatic hydroxyl groups is 2. The standard InChI is InChI=1S/C87H144O16P2/c1-4-7-10-13-16-19-22-25-28-31-33-34-35-36-37-38-39-40-41-42-43-44-45-46-48-51-52-55-58-61-64-67-70-73-85(90)97-76-82(88)77-99-104(93,94)100-78-83(89)79-101-105(95,96)102-81-84(103-87(92)75-72-69-66-63-60-57-54-49-30-27-24-21-18-15-12-9-6-3)80-98-86(91)74-71-68-65-62-59-56-53-50-47-32-29-26-23-20-17-14-11-8-5-2/h7-12,16-21,25-30,33-34,36-37,39-40,47,50,54,57,82-84,88-89H,4-6,13-15,22-24,31-32,35,38,41-46,48-49,51-53,55-56,58-81H2,1-3H3,(H,93,94)(H,95,96)/b10-7-,11-8-,12-9-,19-16-,20-17-,21-18-,28-25-,29-26-,30-27-,34-33-,37-36-,40-39-,50-47-,57-54-. The molecule has 105 heavy (non-hydrogen) atoms. The van der Waals surface area contributed by atoms with E-state index in [2.05, 4.69) is 191 Å². The van der Waals surface area contributed by atoms with E-state index in [0.717, 1.165) is 180 Å². The highest BCUT2D eigenvalue weighted by Gasteiger charge is 2.29. The minimum atomic E-state index is -4.95. The summed E-state index contributed by atoms with van der Waals surface area (Å²) in [7, 11) is -9.81.